The highest BCUT2D eigenvalue weighted by Crippen LogP contribution is 2.12. The molecule has 0 aromatic rings. The van der Waals surface area contributed by atoms with Crippen LogP contribution in [0.2, 0.25) is 0 Å². The molecule has 0 saturated carbocycles. The van der Waals surface area contributed by atoms with Crippen LogP contribution in [0.25, 0.3) is 0 Å². The van der Waals surface area contributed by atoms with E-state index in [0.717, 1.165) is 44.9 Å². The van der Waals surface area contributed by atoms with E-state index in [9.17, 15) is 9.18 Å². The van der Waals surface area contributed by atoms with Gasteiger partial charge in [-0.2, -0.15) is 0 Å². The maximum absolute atomic E-state index is 13.3. The fourth-order valence-corrected chi connectivity index (χ4v) is 1.62. The van der Waals surface area contributed by atoms with E-state index >= 15 is 0 Å². The quantitative estimate of drug-likeness (QED) is 0.493. The van der Waals surface area contributed by atoms with Crippen molar-refractivity contribution in [2.24, 2.45) is 0 Å². The second-order valence-corrected chi connectivity index (χ2v) is 4.24. The predicted octanol–water partition coefficient (Wildman–Crippen LogP) is 4.44. The molecule has 0 bridgehead atoms. The lowest BCUT2D eigenvalue weighted by Gasteiger charge is -2.06. The van der Waals surface area contributed by atoms with Gasteiger partial charge in [-0.15, -0.1) is 0 Å². The first kappa shape index (κ1) is 14.6. The molecule has 0 radical (unpaired) electrons. The normalized spacial score (nSPS) is 12.7. The number of halogens is 1. The van der Waals surface area contributed by atoms with Crippen LogP contribution >= 0.6 is 0 Å². The number of hydrogen-bond donors (Lipinski definition) is 0. The molecule has 0 spiro atoms. The van der Waals surface area contributed by atoms with Crippen LogP contribution in [0.1, 0.15) is 71.6 Å². The predicted molar refractivity (Wildman–Crippen MR) is 62.8 cm³/mol. The molecule has 0 aromatic carbocycles. The summed E-state index contributed by atoms with van der Waals surface area (Å²) in [5, 5.41) is 0. The number of hydrogen-bond acceptors (Lipinski definition) is 1. The van der Waals surface area contributed by atoms with Crippen molar-refractivity contribution in [2.75, 3.05) is 0 Å². The van der Waals surface area contributed by atoms with E-state index in [1.54, 1.807) is 0 Å². The molecule has 0 heterocycles. The molecule has 0 aliphatic heterocycles. The lowest BCUT2D eigenvalue weighted by atomic mass is 10.0. The lowest BCUT2D eigenvalue weighted by molar-refractivity contribution is -0.124. The van der Waals surface area contributed by atoms with Crippen molar-refractivity contribution in [3.05, 3.63) is 0 Å². The molecule has 0 rings (SSSR count). The standard InChI is InChI=1S/C13H25FO/c1-3-5-7-9-11-13(15)12(14)10-8-6-4-2/h12H,3-11H2,1-2H3. The van der Waals surface area contributed by atoms with Crippen LogP contribution in [-0.2, 0) is 4.79 Å². The molecule has 0 amide bonds. The van der Waals surface area contributed by atoms with Gasteiger partial charge < -0.3 is 0 Å². The number of carbonyl (C=O) groups excluding carboxylic acids is 1. The maximum atomic E-state index is 13.3. The van der Waals surface area contributed by atoms with Crippen molar-refractivity contribution in [1.82, 2.24) is 0 Å². The second-order valence-electron chi connectivity index (χ2n) is 4.24. The molecular weight excluding hydrogens is 191 g/mol. The van der Waals surface area contributed by atoms with Gasteiger partial charge in [0.1, 0.15) is 0 Å². The topological polar surface area (TPSA) is 17.1 Å². The third kappa shape index (κ3) is 8.59. The van der Waals surface area contributed by atoms with E-state index in [4.69, 9.17) is 0 Å². The van der Waals surface area contributed by atoms with Crippen molar-refractivity contribution in [3.8, 4) is 0 Å². The maximum Gasteiger partial charge on any atom is 0.166 e. The first-order valence-electron chi connectivity index (χ1n) is 6.39. The van der Waals surface area contributed by atoms with Gasteiger partial charge in [0, 0.05) is 6.42 Å². The molecule has 1 nitrogen and oxygen atoms in total. The Labute approximate surface area is 93.4 Å². The summed E-state index contributed by atoms with van der Waals surface area (Å²) in [7, 11) is 0. The van der Waals surface area contributed by atoms with Crippen LogP contribution in [0.5, 0.6) is 0 Å². The Bertz CT molecular complexity index is 157. The van der Waals surface area contributed by atoms with E-state index in [1.165, 1.54) is 0 Å². The van der Waals surface area contributed by atoms with Crippen LogP contribution in [0, 0.1) is 0 Å². The molecule has 0 aromatic heterocycles. The molecule has 0 aliphatic carbocycles. The van der Waals surface area contributed by atoms with Crippen LogP contribution in [0.4, 0.5) is 4.39 Å². The zero-order chi connectivity index (χ0) is 11.5. The van der Waals surface area contributed by atoms with Gasteiger partial charge in [0.15, 0.2) is 12.0 Å². The third-order valence-electron chi connectivity index (χ3n) is 2.69. The highest BCUT2D eigenvalue weighted by atomic mass is 19.1. The molecule has 1 atom stereocenters. The van der Waals surface area contributed by atoms with Crippen LogP contribution in [-0.4, -0.2) is 12.0 Å². The number of Topliss-reactive ketones (excluding diaryl/α,β-unsaturated/α-hetero) is 1. The highest BCUT2D eigenvalue weighted by molar-refractivity contribution is 5.82. The Balaban J connectivity index is 3.42. The lowest BCUT2D eigenvalue weighted by Crippen LogP contribution is -2.15. The summed E-state index contributed by atoms with van der Waals surface area (Å²) >= 11 is 0. The average molecular weight is 216 g/mol. The summed E-state index contributed by atoms with van der Waals surface area (Å²) in [6.07, 6.45) is 6.86. The minimum Gasteiger partial charge on any atom is -0.296 e. The first-order valence-corrected chi connectivity index (χ1v) is 6.39. The summed E-state index contributed by atoms with van der Waals surface area (Å²) in [4.78, 5) is 11.3. The molecule has 0 N–H and O–H groups in total. The fourth-order valence-electron chi connectivity index (χ4n) is 1.62. The number of carbonyl (C=O) groups is 1. The average Bonchev–Trinajstić information content (AvgIpc) is 2.24. The molecule has 0 saturated heterocycles. The van der Waals surface area contributed by atoms with Gasteiger partial charge in [0.25, 0.3) is 0 Å². The zero-order valence-corrected chi connectivity index (χ0v) is 10.2. The summed E-state index contributed by atoms with van der Waals surface area (Å²) in [5.74, 6) is -0.179. The third-order valence-corrected chi connectivity index (χ3v) is 2.69. The van der Waals surface area contributed by atoms with Crippen molar-refractivity contribution < 1.29 is 9.18 Å². The number of alkyl halides is 1. The largest absolute Gasteiger partial charge is 0.296 e. The fraction of sp³-hybridized carbons (Fsp3) is 0.923. The summed E-state index contributed by atoms with van der Waals surface area (Å²) < 4.78 is 13.3. The van der Waals surface area contributed by atoms with Crippen molar-refractivity contribution >= 4 is 5.78 Å². The van der Waals surface area contributed by atoms with E-state index in [0.29, 0.717) is 12.8 Å². The number of ketones is 1. The van der Waals surface area contributed by atoms with Crippen LogP contribution < -0.4 is 0 Å². The molecule has 0 fully saturated rings. The van der Waals surface area contributed by atoms with Gasteiger partial charge in [0.05, 0.1) is 0 Å². The van der Waals surface area contributed by atoms with Gasteiger partial charge in [-0.3, -0.25) is 4.79 Å². The Kier molecular flexibility index (Phi) is 9.86. The Morgan fingerprint density at radius 2 is 1.60 bits per heavy atom. The van der Waals surface area contributed by atoms with Gasteiger partial charge in [0.2, 0.25) is 0 Å². The smallest absolute Gasteiger partial charge is 0.166 e. The van der Waals surface area contributed by atoms with E-state index in [-0.39, 0.29) is 5.78 Å². The molecule has 0 aliphatic rings. The monoisotopic (exact) mass is 216 g/mol. The van der Waals surface area contributed by atoms with Gasteiger partial charge in [-0.05, 0) is 12.8 Å². The van der Waals surface area contributed by atoms with Gasteiger partial charge >= 0.3 is 0 Å². The Morgan fingerprint density at radius 3 is 2.20 bits per heavy atom. The van der Waals surface area contributed by atoms with Crippen molar-refractivity contribution in [2.45, 2.75) is 77.8 Å². The van der Waals surface area contributed by atoms with Crippen LogP contribution in [0.15, 0.2) is 0 Å². The van der Waals surface area contributed by atoms with Gasteiger partial charge in [-0.25, -0.2) is 4.39 Å². The minimum absolute atomic E-state index is 0.179. The summed E-state index contributed by atoms with van der Waals surface area (Å²) in [6, 6.07) is 0. The van der Waals surface area contributed by atoms with E-state index in [2.05, 4.69) is 13.8 Å². The van der Waals surface area contributed by atoms with Crippen LogP contribution in [0.3, 0.4) is 0 Å². The number of rotatable bonds is 10. The SMILES string of the molecule is CCCCCCC(=O)C(F)CCCCC. The molecule has 15 heavy (non-hydrogen) atoms. The Morgan fingerprint density at radius 1 is 1.00 bits per heavy atom. The van der Waals surface area contributed by atoms with Gasteiger partial charge in [-0.1, -0.05) is 52.4 Å². The van der Waals surface area contributed by atoms with E-state index < -0.39 is 6.17 Å². The molecule has 1 unspecified atom stereocenters. The number of unbranched alkanes of at least 4 members (excludes halogenated alkanes) is 5. The molecular formula is C13H25FO. The molecule has 2 heteroatoms. The summed E-state index contributed by atoms with van der Waals surface area (Å²) in [6.45, 7) is 4.21. The summed E-state index contributed by atoms with van der Waals surface area (Å²) in [5.41, 5.74) is 0. The highest BCUT2D eigenvalue weighted by Gasteiger charge is 2.15. The zero-order valence-electron chi connectivity index (χ0n) is 10.2. The first-order chi connectivity index (χ1) is 7.22. The van der Waals surface area contributed by atoms with Crippen molar-refractivity contribution in [1.29, 1.82) is 0 Å². The Hall–Kier alpha value is -0.400. The van der Waals surface area contributed by atoms with Crippen molar-refractivity contribution in [3.63, 3.8) is 0 Å². The second kappa shape index (κ2) is 10.1. The molecule has 90 valence electrons. The van der Waals surface area contributed by atoms with E-state index in [1.807, 2.05) is 0 Å². The minimum atomic E-state index is -1.20.